The van der Waals surface area contributed by atoms with E-state index in [1.807, 2.05) is 4.90 Å². The second-order valence-electron chi connectivity index (χ2n) is 11.8. The highest BCUT2D eigenvalue weighted by atomic mass is 32.2. The van der Waals surface area contributed by atoms with Crippen molar-refractivity contribution in [1.29, 1.82) is 0 Å². The van der Waals surface area contributed by atoms with Crippen molar-refractivity contribution in [1.82, 2.24) is 14.9 Å². The van der Waals surface area contributed by atoms with Crippen LogP contribution in [0.4, 0.5) is 27.9 Å². The van der Waals surface area contributed by atoms with Crippen molar-refractivity contribution in [3.8, 4) is 17.2 Å². The highest BCUT2D eigenvalue weighted by Crippen LogP contribution is 2.49. The number of rotatable bonds is 9. The van der Waals surface area contributed by atoms with Crippen molar-refractivity contribution in [3.63, 3.8) is 0 Å². The van der Waals surface area contributed by atoms with Crippen molar-refractivity contribution in [2.45, 2.75) is 49.0 Å². The first-order valence-electron chi connectivity index (χ1n) is 15.5. The molecule has 1 fully saturated rings. The van der Waals surface area contributed by atoms with E-state index in [0.717, 1.165) is 16.4 Å². The van der Waals surface area contributed by atoms with Crippen LogP contribution in [0, 0.1) is 17.6 Å². The Hall–Kier alpha value is -4.50. The molecule has 3 heterocycles. The number of methoxy groups -OCH3 is 2. The van der Waals surface area contributed by atoms with Gasteiger partial charge in [0.15, 0.2) is 0 Å². The van der Waals surface area contributed by atoms with E-state index >= 15 is 4.39 Å². The number of halogens is 5. The molecule has 0 aliphatic carbocycles. The van der Waals surface area contributed by atoms with Gasteiger partial charge in [0, 0.05) is 54.2 Å². The average molecular weight is 705 g/mol. The molecule has 0 spiro atoms. The molecule has 0 radical (unpaired) electrons. The molecule has 2 aliphatic rings. The average Bonchev–Trinajstić information content (AvgIpc) is 3.10. The standard InChI is InChI=1S/C34H33F5N4O5S/c1-46-25-9-6-22(30(17-25)47-2)20-43(33-40-12-3-13-41-33)49(44,45)32-19-31-26(18-27(32)36)28(11-15-48-31)42-14-10-23(34(37,38)39)16-29(42)21-4-7-24(35)8-5-21/h3-9,12-13,17-19,23,28-29H,10-11,14-16,20H2,1-2H3/t23-,28-,29+/m1/s1. The number of benzene rings is 3. The SMILES string of the molecule is COc1ccc(CN(c2ncccn2)S(=O)(=O)c2cc3c(cc2F)[C@H](N2CC[C@@H](C(F)(F)F)C[C@H]2c2ccc(F)cc2)CCO3)c(OC)c1. The lowest BCUT2D eigenvalue weighted by Crippen LogP contribution is -2.44. The second kappa shape index (κ2) is 13.8. The highest BCUT2D eigenvalue weighted by Gasteiger charge is 2.47. The van der Waals surface area contributed by atoms with Crippen LogP contribution in [-0.4, -0.2) is 56.8 Å². The fraction of sp³-hybridized carbons (Fsp3) is 0.353. The normalized spacial score (nSPS) is 19.9. The number of alkyl halides is 3. The number of likely N-dealkylation sites (tertiary alicyclic amines) is 1. The van der Waals surface area contributed by atoms with Gasteiger partial charge in [0.2, 0.25) is 5.95 Å². The summed E-state index contributed by atoms with van der Waals surface area (Å²) < 4.78 is 118. The molecule has 9 nitrogen and oxygen atoms in total. The van der Waals surface area contributed by atoms with Crippen LogP contribution in [0.1, 0.15) is 48.0 Å². The molecule has 0 saturated carbocycles. The third kappa shape index (κ3) is 6.99. The van der Waals surface area contributed by atoms with Crippen LogP contribution in [0.3, 0.4) is 0 Å². The molecule has 0 unspecified atom stereocenters. The second-order valence-corrected chi connectivity index (χ2v) is 13.6. The van der Waals surface area contributed by atoms with Crippen LogP contribution in [0.5, 0.6) is 17.2 Å². The molecule has 1 saturated heterocycles. The van der Waals surface area contributed by atoms with Crippen molar-refractivity contribution >= 4 is 16.0 Å². The minimum atomic E-state index is -4.69. The van der Waals surface area contributed by atoms with E-state index in [9.17, 15) is 26.0 Å². The third-order valence-electron chi connectivity index (χ3n) is 8.99. The first-order valence-corrected chi connectivity index (χ1v) is 16.9. The molecule has 0 N–H and O–H groups in total. The Morgan fingerprint density at radius 3 is 2.37 bits per heavy atom. The molecule has 2 aliphatic heterocycles. The van der Waals surface area contributed by atoms with Gasteiger partial charge in [-0.2, -0.15) is 13.2 Å². The minimum absolute atomic E-state index is 0.0286. The van der Waals surface area contributed by atoms with Gasteiger partial charge in [-0.1, -0.05) is 12.1 Å². The van der Waals surface area contributed by atoms with Gasteiger partial charge in [0.1, 0.15) is 33.8 Å². The minimum Gasteiger partial charge on any atom is -0.497 e. The van der Waals surface area contributed by atoms with Crippen molar-refractivity contribution in [2.75, 3.05) is 31.7 Å². The lowest BCUT2D eigenvalue weighted by molar-refractivity contribution is -0.192. The number of ether oxygens (including phenoxy) is 3. The maximum atomic E-state index is 16.2. The Morgan fingerprint density at radius 2 is 1.69 bits per heavy atom. The monoisotopic (exact) mass is 704 g/mol. The summed E-state index contributed by atoms with van der Waals surface area (Å²) in [6, 6.07) is 12.4. The summed E-state index contributed by atoms with van der Waals surface area (Å²) in [4.78, 5) is 9.39. The predicted molar refractivity (Wildman–Crippen MR) is 169 cm³/mol. The zero-order chi connectivity index (χ0) is 34.9. The maximum Gasteiger partial charge on any atom is 0.391 e. The molecule has 0 bridgehead atoms. The van der Waals surface area contributed by atoms with Crippen LogP contribution >= 0.6 is 0 Å². The van der Waals surface area contributed by atoms with Crippen molar-refractivity contribution in [2.24, 2.45) is 5.92 Å². The van der Waals surface area contributed by atoms with E-state index in [1.165, 1.54) is 56.9 Å². The van der Waals surface area contributed by atoms with Crippen LogP contribution < -0.4 is 18.5 Å². The van der Waals surface area contributed by atoms with Gasteiger partial charge in [-0.15, -0.1) is 0 Å². The van der Waals surface area contributed by atoms with Crippen LogP contribution in [0.2, 0.25) is 0 Å². The number of hydrogen-bond donors (Lipinski definition) is 0. The van der Waals surface area contributed by atoms with Gasteiger partial charge in [-0.3, -0.25) is 4.90 Å². The van der Waals surface area contributed by atoms with E-state index in [0.29, 0.717) is 34.6 Å². The fourth-order valence-electron chi connectivity index (χ4n) is 6.52. The summed E-state index contributed by atoms with van der Waals surface area (Å²) in [6.07, 6.45) is -1.84. The van der Waals surface area contributed by atoms with E-state index in [-0.39, 0.29) is 44.2 Å². The van der Waals surface area contributed by atoms with Crippen LogP contribution in [0.15, 0.2) is 78.0 Å². The summed E-state index contributed by atoms with van der Waals surface area (Å²) in [5.74, 6) is -2.52. The number of anilines is 1. The van der Waals surface area contributed by atoms with Gasteiger partial charge < -0.3 is 14.2 Å². The Bertz CT molecular complexity index is 1900. The summed E-state index contributed by atoms with van der Waals surface area (Å²) in [5.41, 5.74) is 1.22. The van der Waals surface area contributed by atoms with Gasteiger partial charge in [-0.05, 0) is 61.3 Å². The molecule has 49 heavy (non-hydrogen) atoms. The molecule has 6 rings (SSSR count). The van der Waals surface area contributed by atoms with E-state index in [4.69, 9.17) is 14.2 Å². The zero-order valence-electron chi connectivity index (χ0n) is 26.5. The summed E-state index contributed by atoms with van der Waals surface area (Å²) in [5, 5.41) is 0. The van der Waals surface area contributed by atoms with Gasteiger partial charge in [0.25, 0.3) is 10.0 Å². The topological polar surface area (TPSA) is 94.1 Å². The Kier molecular flexibility index (Phi) is 9.67. The van der Waals surface area contributed by atoms with Crippen LogP contribution in [0.25, 0.3) is 0 Å². The van der Waals surface area contributed by atoms with Crippen molar-refractivity contribution in [3.05, 3.63) is 101 Å². The smallest absolute Gasteiger partial charge is 0.391 e. The fourth-order valence-corrected chi connectivity index (χ4v) is 7.94. The number of aromatic nitrogens is 2. The summed E-state index contributed by atoms with van der Waals surface area (Å²) in [7, 11) is -1.80. The predicted octanol–water partition coefficient (Wildman–Crippen LogP) is 7.01. The van der Waals surface area contributed by atoms with Gasteiger partial charge in [0.05, 0.1) is 33.3 Å². The third-order valence-corrected chi connectivity index (χ3v) is 10.7. The zero-order valence-corrected chi connectivity index (χ0v) is 27.3. The molecule has 15 heteroatoms. The lowest BCUT2D eigenvalue weighted by Gasteiger charge is -2.46. The van der Waals surface area contributed by atoms with E-state index in [2.05, 4.69) is 9.97 Å². The van der Waals surface area contributed by atoms with Gasteiger partial charge >= 0.3 is 6.18 Å². The number of nitrogens with zero attached hydrogens (tertiary/aromatic N) is 4. The molecule has 3 aromatic carbocycles. The van der Waals surface area contributed by atoms with E-state index < -0.39 is 50.7 Å². The molecule has 0 amide bonds. The Balaban J connectivity index is 1.38. The quantitative estimate of drug-likeness (QED) is 0.172. The first-order chi connectivity index (χ1) is 23.4. The Labute approximate surface area is 280 Å². The van der Waals surface area contributed by atoms with Crippen LogP contribution in [-0.2, 0) is 16.6 Å². The molecular formula is C34H33F5N4O5S. The number of piperidine rings is 1. The first kappa shape index (κ1) is 34.4. The molecule has 4 aromatic rings. The van der Waals surface area contributed by atoms with Crippen molar-refractivity contribution < 1.29 is 44.6 Å². The van der Waals surface area contributed by atoms with Gasteiger partial charge in [-0.25, -0.2) is 31.5 Å². The summed E-state index contributed by atoms with van der Waals surface area (Å²) in [6.45, 7) is -0.194. The lowest BCUT2D eigenvalue weighted by atomic mass is 9.84. The Morgan fingerprint density at radius 1 is 0.959 bits per heavy atom. The molecule has 260 valence electrons. The summed E-state index contributed by atoms with van der Waals surface area (Å²) >= 11 is 0. The highest BCUT2D eigenvalue weighted by molar-refractivity contribution is 7.92. The molecular weight excluding hydrogens is 671 g/mol. The number of fused-ring (bicyclic) bond motifs is 1. The molecule has 1 aromatic heterocycles. The number of sulfonamides is 1. The maximum absolute atomic E-state index is 16.2. The largest absolute Gasteiger partial charge is 0.497 e. The van der Waals surface area contributed by atoms with E-state index in [1.54, 1.807) is 18.2 Å². The molecule has 3 atom stereocenters. The number of hydrogen-bond acceptors (Lipinski definition) is 8.